The van der Waals surface area contributed by atoms with E-state index in [1.54, 1.807) is 0 Å². The summed E-state index contributed by atoms with van der Waals surface area (Å²) >= 11 is 0. The molecule has 1 aromatic carbocycles. The lowest BCUT2D eigenvalue weighted by Crippen LogP contribution is -2.44. The third-order valence-electron chi connectivity index (χ3n) is 6.30. The molecule has 2 fully saturated rings. The summed E-state index contributed by atoms with van der Waals surface area (Å²) in [5, 5.41) is 12.5. The Labute approximate surface area is 175 Å². The third kappa shape index (κ3) is 3.30. The Balaban J connectivity index is 1.23. The minimum atomic E-state index is -0.291. The van der Waals surface area contributed by atoms with Crippen LogP contribution in [0.15, 0.2) is 41.1 Å². The number of carbonyl (C=O) groups is 1. The van der Waals surface area contributed by atoms with Gasteiger partial charge in [-0.2, -0.15) is 4.98 Å². The summed E-state index contributed by atoms with van der Waals surface area (Å²) in [7, 11) is 0. The maximum absolute atomic E-state index is 13.2. The molecule has 5 rings (SSSR count). The summed E-state index contributed by atoms with van der Waals surface area (Å²) in [4.78, 5) is 19.7. The van der Waals surface area contributed by atoms with Crippen molar-refractivity contribution in [3.63, 3.8) is 0 Å². The molecule has 0 N–H and O–H groups in total. The Hall–Kier alpha value is -3.03. The van der Waals surface area contributed by atoms with E-state index >= 15 is 0 Å². The molecule has 8 nitrogen and oxygen atoms in total. The number of hydrogen-bond acceptors (Lipinski definition) is 6. The summed E-state index contributed by atoms with van der Waals surface area (Å²) < 4.78 is 7.19. The predicted octanol–water partition coefficient (Wildman–Crippen LogP) is 3.35. The fourth-order valence-corrected chi connectivity index (χ4v) is 4.27. The molecule has 0 spiro atoms. The second kappa shape index (κ2) is 7.34. The first-order valence-electron chi connectivity index (χ1n) is 10.7. The van der Waals surface area contributed by atoms with E-state index in [2.05, 4.69) is 32.6 Å². The molecule has 0 radical (unpaired) electrons. The number of aromatic nitrogens is 5. The highest BCUT2D eigenvalue weighted by molar-refractivity contribution is 5.91. The van der Waals surface area contributed by atoms with Crippen molar-refractivity contribution in [1.29, 1.82) is 0 Å². The standard InChI is InChI=1S/C22H26N6O2/c1-15(2)19-23-20(30-25-19)18-14-28(26-24-18)17-8-12-27(13-9-17)21(29)22(10-11-22)16-6-4-3-5-7-16/h3-7,14-15,17H,8-13H2,1-2H3. The summed E-state index contributed by atoms with van der Waals surface area (Å²) in [5.41, 5.74) is 1.45. The van der Waals surface area contributed by atoms with Gasteiger partial charge in [-0.25, -0.2) is 4.68 Å². The van der Waals surface area contributed by atoms with Gasteiger partial charge in [-0.1, -0.05) is 54.5 Å². The van der Waals surface area contributed by atoms with Crippen LogP contribution in [0.25, 0.3) is 11.6 Å². The Morgan fingerprint density at radius 1 is 1.17 bits per heavy atom. The number of benzene rings is 1. The van der Waals surface area contributed by atoms with E-state index in [4.69, 9.17) is 4.52 Å². The molecule has 30 heavy (non-hydrogen) atoms. The van der Waals surface area contributed by atoms with Crippen LogP contribution >= 0.6 is 0 Å². The average molecular weight is 406 g/mol. The van der Waals surface area contributed by atoms with Crippen LogP contribution < -0.4 is 0 Å². The highest BCUT2D eigenvalue weighted by Crippen LogP contribution is 2.50. The summed E-state index contributed by atoms with van der Waals surface area (Å²) in [5.74, 6) is 1.54. The normalized spacial score (nSPS) is 18.7. The Bertz CT molecular complexity index is 1030. The highest BCUT2D eigenvalue weighted by Gasteiger charge is 2.53. The van der Waals surface area contributed by atoms with E-state index < -0.39 is 0 Å². The number of likely N-dealkylation sites (tertiary alicyclic amines) is 1. The summed E-state index contributed by atoms with van der Waals surface area (Å²) in [6, 6.07) is 10.4. The quantitative estimate of drug-likeness (QED) is 0.645. The molecule has 0 bridgehead atoms. The number of amides is 1. The smallest absolute Gasteiger partial charge is 0.280 e. The number of rotatable bonds is 5. The van der Waals surface area contributed by atoms with Gasteiger partial charge in [-0.05, 0) is 31.2 Å². The van der Waals surface area contributed by atoms with Crippen LogP contribution in [-0.4, -0.2) is 49.0 Å². The van der Waals surface area contributed by atoms with Gasteiger partial charge in [0, 0.05) is 19.0 Å². The Morgan fingerprint density at radius 2 is 1.90 bits per heavy atom. The fraction of sp³-hybridized carbons (Fsp3) is 0.500. The molecule has 0 unspecified atom stereocenters. The first-order valence-corrected chi connectivity index (χ1v) is 10.7. The molecule has 8 heteroatoms. The second-order valence-corrected chi connectivity index (χ2v) is 8.67. The van der Waals surface area contributed by atoms with Crippen LogP contribution in [0, 0.1) is 0 Å². The number of nitrogens with zero attached hydrogens (tertiary/aromatic N) is 6. The number of piperidine rings is 1. The fourth-order valence-electron chi connectivity index (χ4n) is 4.27. The van der Waals surface area contributed by atoms with Crippen LogP contribution in [-0.2, 0) is 10.2 Å². The molecule has 1 aliphatic carbocycles. The molecule has 1 amide bonds. The zero-order valence-corrected chi connectivity index (χ0v) is 17.4. The lowest BCUT2D eigenvalue weighted by atomic mass is 9.93. The van der Waals surface area contributed by atoms with E-state index in [1.165, 1.54) is 0 Å². The molecule has 0 atom stereocenters. The van der Waals surface area contributed by atoms with Crippen molar-refractivity contribution in [3.8, 4) is 11.6 Å². The van der Waals surface area contributed by atoms with Crippen molar-refractivity contribution in [2.45, 2.75) is 56.9 Å². The topological polar surface area (TPSA) is 89.9 Å². The van der Waals surface area contributed by atoms with Gasteiger partial charge in [0.05, 0.1) is 17.7 Å². The van der Waals surface area contributed by atoms with Crippen LogP contribution in [0.4, 0.5) is 0 Å². The van der Waals surface area contributed by atoms with E-state index in [1.807, 2.05) is 47.8 Å². The van der Waals surface area contributed by atoms with Crippen molar-refractivity contribution in [1.82, 2.24) is 30.0 Å². The largest absolute Gasteiger partial charge is 0.342 e. The molecular weight excluding hydrogens is 380 g/mol. The molecular formula is C22H26N6O2. The van der Waals surface area contributed by atoms with Crippen molar-refractivity contribution >= 4 is 5.91 Å². The van der Waals surface area contributed by atoms with E-state index in [0.29, 0.717) is 17.4 Å². The van der Waals surface area contributed by atoms with Gasteiger partial charge in [0.1, 0.15) is 0 Å². The molecule has 1 saturated carbocycles. The SMILES string of the molecule is CC(C)c1noc(-c2cn(C3CCN(C(=O)C4(c5ccccc5)CC4)CC3)nn2)n1. The third-order valence-corrected chi connectivity index (χ3v) is 6.30. The zero-order chi connectivity index (χ0) is 20.7. The van der Waals surface area contributed by atoms with Crippen molar-refractivity contribution < 1.29 is 9.32 Å². The van der Waals surface area contributed by atoms with E-state index in [0.717, 1.165) is 44.3 Å². The van der Waals surface area contributed by atoms with Gasteiger partial charge in [0.25, 0.3) is 5.89 Å². The minimum Gasteiger partial charge on any atom is -0.342 e. The molecule has 3 aromatic rings. The van der Waals surface area contributed by atoms with Gasteiger partial charge < -0.3 is 9.42 Å². The Morgan fingerprint density at radius 3 is 2.53 bits per heavy atom. The van der Waals surface area contributed by atoms with Gasteiger partial charge in [0.15, 0.2) is 11.5 Å². The first-order chi connectivity index (χ1) is 14.6. The lowest BCUT2D eigenvalue weighted by Gasteiger charge is -2.34. The molecule has 3 heterocycles. The summed E-state index contributed by atoms with van der Waals surface area (Å²) in [6.45, 7) is 5.52. The zero-order valence-electron chi connectivity index (χ0n) is 17.4. The lowest BCUT2D eigenvalue weighted by molar-refractivity contribution is -0.135. The van der Waals surface area contributed by atoms with Crippen LogP contribution in [0.2, 0.25) is 0 Å². The van der Waals surface area contributed by atoms with Gasteiger partial charge in [-0.3, -0.25) is 4.79 Å². The molecule has 2 aliphatic rings. The molecule has 2 aromatic heterocycles. The molecule has 1 saturated heterocycles. The number of hydrogen-bond donors (Lipinski definition) is 0. The van der Waals surface area contributed by atoms with Gasteiger partial charge in [0.2, 0.25) is 5.91 Å². The maximum atomic E-state index is 13.2. The van der Waals surface area contributed by atoms with Crippen molar-refractivity contribution in [2.75, 3.05) is 13.1 Å². The summed E-state index contributed by atoms with van der Waals surface area (Å²) in [6.07, 6.45) is 5.49. The highest BCUT2D eigenvalue weighted by atomic mass is 16.5. The van der Waals surface area contributed by atoms with Crippen LogP contribution in [0.1, 0.15) is 62.9 Å². The van der Waals surface area contributed by atoms with Gasteiger partial charge in [-0.15, -0.1) is 5.10 Å². The van der Waals surface area contributed by atoms with Gasteiger partial charge >= 0.3 is 0 Å². The molecule has 156 valence electrons. The predicted molar refractivity (Wildman–Crippen MR) is 110 cm³/mol. The van der Waals surface area contributed by atoms with Crippen molar-refractivity contribution in [3.05, 3.63) is 47.9 Å². The Kier molecular flexibility index (Phi) is 4.64. The monoisotopic (exact) mass is 406 g/mol. The number of carbonyl (C=O) groups excluding carboxylic acids is 1. The van der Waals surface area contributed by atoms with E-state index in [9.17, 15) is 4.79 Å². The van der Waals surface area contributed by atoms with Crippen LogP contribution in [0.5, 0.6) is 0 Å². The average Bonchev–Trinajstić information content (AvgIpc) is 3.20. The maximum Gasteiger partial charge on any atom is 0.280 e. The second-order valence-electron chi connectivity index (χ2n) is 8.67. The first kappa shape index (κ1) is 19.0. The van der Waals surface area contributed by atoms with E-state index in [-0.39, 0.29) is 23.3 Å². The minimum absolute atomic E-state index is 0.199. The van der Waals surface area contributed by atoms with Crippen LogP contribution in [0.3, 0.4) is 0 Å². The molecule has 1 aliphatic heterocycles. The van der Waals surface area contributed by atoms with Crippen molar-refractivity contribution in [2.24, 2.45) is 0 Å².